The molecule has 9 nitrogen and oxygen atoms in total. The number of aromatic nitrogens is 2. The molecule has 0 aliphatic carbocycles. The number of carbonyl (C=O) groups excluding carboxylic acids is 2. The second kappa shape index (κ2) is 9.16. The van der Waals surface area contributed by atoms with Crippen LogP contribution < -0.4 is 9.64 Å². The summed E-state index contributed by atoms with van der Waals surface area (Å²) >= 11 is 0. The Morgan fingerprint density at radius 3 is 2.43 bits per heavy atom. The molecule has 166 valence electrons. The number of nitrogens with zero attached hydrogens (tertiary/aromatic N) is 5. The normalized spacial score (nSPS) is 20.4. The van der Waals surface area contributed by atoms with E-state index in [1.165, 1.54) is 6.42 Å². The third kappa shape index (κ3) is 5.38. The lowest BCUT2D eigenvalue weighted by atomic mass is 10.2. The Hall–Kier alpha value is -2.42. The lowest BCUT2D eigenvalue weighted by Crippen LogP contribution is -2.50. The van der Waals surface area contributed by atoms with E-state index in [1.807, 2.05) is 25.7 Å². The first-order valence-electron chi connectivity index (χ1n) is 10.6. The van der Waals surface area contributed by atoms with Crippen molar-refractivity contribution in [2.45, 2.75) is 52.2 Å². The van der Waals surface area contributed by atoms with E-state index in [0.29, 0.717) is 61.9 Å². The molecule has 0 spiro atoms. The molecule has 1 aromatic heterocycles. The molecule has 2 aliphatic heterocycles. The van der Waals surface area contributed by atoms with Crippen molar-refractivity contribution in [2.24, 2.45) is 0 Å². The predicted octanol–water partition coefficient (Wildman–Crippen LogP) is 2.13. The molecule has 0 saturated carbocycles. The van der Waals surface area contributed by atoms with Crippen LogP contribution in [0.3, 0.4) is 0 Å². The zero-order valence-electron chi connectivity index (χ0n) is 18.7. The number of carbonyl (C=O) groups is 2. The van der Waals surface area contributed by atoms with Crippen LogP contribution in [0.15, 0.2) is 0 Å². The summed E-state index contributed by atoms with van der Waals surface area (Å²) in [4.78, 5) is 38.9. The topological polar surface area (TPSA) is 88.1 Å². The maximum atomic E-state index is 12.3. The number of aryl methyl sites for hydroxylation is 1. The lowest BCUT2D eigenvalue weighted by molar-refractivity contribution is 0.0240. The summed E-state index contributed by atoms with van der Waals surface area (Å²) in [6.07, 6.45) is 2.74. The van der Waals surface area contributed by atoms with Gasteiger partial charge in [-0.05, 0) is 54.1 Å². The quantitative estimate of drug-likeness (QED) is 0.671. The van der Waals surface area contributed by atoms with Gasteiger partial charge in [-0.25, -0.2) is 4.79 Å². The molecule has 1 aromatic rings. The van der Waals surface area contributed by atoms with Gasteiger partial charge in [0.2, 0.25) is 0 Å². The zero-order valence-corrected chi connectivity index (χ0v) is 18.7. The van der Waals surface area contributed by atoms with Crippen LogP contribution in [-0.2, 0) is 4.74 Å². The molecule has 0 unspecified atom stereocenters. The second-order valence-electron chi connectivity index (χ2n) is 8.99. The molecule has 1 amide bonds. The van der Waals surface area contributed by atoms with E-state index in [0.717, 1.165) is 19.3 Å². The Morgan fingerprint density at radius 2 is 1.87 bits per heavy atom. The molecule has 3 heterocycles. The summed E-state index contributed by atoms with van der Waals surface area (Å²) in [5.74, 6) is 0.566. The van der Waals surface area contributed by atoms with Gasteiger partial charge in [0.05, 0.1) is 11.3 Å². The molecular weight excluding hydrogens is 386 g/mol. The number of anilines is 1. The van der Waals surface area contributed by atoms with E-state index in [2.05, 4.69) is 21.9 Å². The predicted molar refractivity (Wildman–Crippen MR) is 113 cm³/mol. The fourth-order valence-electron chi connectivity index (χ4n) is 3.77. The zero-order chi connectivity index (χ0) is 21.9. The van der Waals surface area contributed by atoms with Gasteiger partial charge < -0.3 is 24.2 Å². The molecule has 9 heteroatoms. The van der Waals surface area contributed by atoms with Gasteiger partial charge in [-0.15, -0.1) is 0 Å². The average molecular weight is 420 g/mol. The highest BCUT2D eigenvalue weighted by molar-refractivity contribution is 5.84. The maximum absolute atomic E-state index is 12.3. The molecule has 30 heavy (non-hydrogen) atoms. The molecule has 2 saturated heterocycles. The van der Waals surface area contributed by atoms with Gasteiger partial charge in [0.1, 0.15) is 18.0 Å². The van der Waals surface area contributed by atoms with E-state index in [9.17, 15) is 9.59 Å². The first kappa shape index (κ1) is 22.3. The number of likely N-dealkylation sites (N-methyl/N-ethyl adjacent to an activating group) is 1. The van der Waals surface area contributed by atoms with Crippen molar-refractivity contribution in [3.63, 3.8) is 0 Å². The number of likely N-dealkylation sites (tertiary alicyclic amines) is 1. The van der Waals surface area contributed by atoms with Crippen LogP contribution in [0.4, 0.5) is 10.6 Å². The van der Waals surface area contributed by atoms with Crippen LogP contribution in [0.2, 0.25) is 0 Å². The summed E-state index contributed by atoms with van der Waals surface area (Å²) in [6.45, 7) is 11.1. The van der Waals surface area contributed by atoms with E-state index >= 15 is 0 Å². The van der Waals surface area contributed by atoms with Crippen LogP contribution in [0.25, 0.3) is 0 Å². The molecular formula is C21H33N5O4. The Balaban J connectivity index is 1.68. The minimum absolute atomic E-state index is 0.294. The number of hydrogen-bond donors (Lipinski definition) is 0. The molecule has 0 radical (unpaired) electrons. The monoisotopic (exact) mass is 419 g/mol. The molecule has 1 atom stereocenters. The highest BCUT2D eigenvalue weighted by atomic mass is 16.6. The van der Waals surface area contributed by atoms with Crippen molar-refractivity contribution in [1.82, 2.24) is 19.8 Å². The van der Waals surface area contributed by atoms with Crippen molar-refractivity contribution in [3.8, 4) is 6.01 Å². The summed E-state index contributed by atoms with van der Waals surface area (Å²) in [7, 11) is 2.10. The van der Waals surface area contributed by atoms with Crippen molar-refractivity contribution in [2.75, 3.05) is 51.3 Å². The number of rotatable bonds is 5. The Bertz CT molecular complexity index is 771. The van der Waals surface area contributed by atoms with Crippen LogP contribution in [0, 0.1) is 6.92 Å². The Morgan fingerprint density at radius 1 is 1.17 bits per heavy atom. The van der Waals surface area contributed by atoms with E-state index in [4.69, 9.17) is 9.47 Å². The van der Waals surface area contributed by atoms with Crippen molar-refractivity contribution in [1.29, 1.82) is 0 Å². The van der Waals surface area contributed by atoms with Gasteiger partial charge in [0, 0.05) is 32.2 Å². The van der Waals surface area contributed by atoms with E-state index in [-0.39, 0.29) is 6.09 Å². The summed E-state index contributed by atoms with van der Waals surface area (Å²) in [5, 5.41) is 0. The van der Waals surface area contributed by atoms with E-state index in [1.54, 1.807) is 11.8 Å². The number of aldehydes is 1. The fraction of sp³-hybridized carbons (Fsp3) is 0.714. The van der Waals surface area contributed by atoms with Crippen molar-refractivity contribution >= 4 is 18.2 Å². The number of ether oxygens (including phenoxy) is 2. The van der Waals surface area contributed by atoms with Gasteiger partial charge >= 0.3 is 12.1 Å². The van der Waals surface area contributed by atoms with Gasteiger partial charge in [0.15, 0.2) is 6.29 Å². The largest absolute Gasteiger partial charge is 0.462 e. The van der Waals surface area contributed by atoms with E-state index < -0.39 is 5.60 Å². The number of hydrogen-bond acceptors (Lipinski definition) is 8. The number of amides is 1. The smallest absolute Gasteiger partial charge is 0.410 e. The van der Waals surface area contributed by atoms with Gasteiger partial charge in [0.25, 0.3) is 0 Å². The second-order valence-corrected chi connectivity index (χ2v) is 8.99. The summed E-state index contributed by atoms with van der Waals surface area (Å²) < 4.78 is 11.3. The minimum Gasteiger partial charge on any atom is -0.462 e. The summed E-state index contributed by atoms with van der Waals surface area (Å²) in [5.41, 5.74) is 0.535. The first-order chi connectivity index (χ1) is 14.2. The Kier molecular flexibility index (Phi) is 6.80. The van der Waals surface area contributed by atoms with Crippen LogP contribution in [0.5, 0.6) is 6.01 Å². The molecule has 2 fully saturated rings. The third-order valence-corrected chi connectivity index (χ3v) is 5.52. The van der Waals surface area contributed by atoms with Gasteiger partial charge in [-0.3, -0.25) is 4.79 Å². The number of piperazine rings is 1. The molecule has 0 N–H and O–H groups in total. The highest BCUT2D eigenvalue weighted by Crippen LogP contribution is 2.24. The van der Waals surface area contributed by atoms with Crippen LogP contribution in [-0.4, -0.2) is 90.2 Å². The first-order valence-corrected chi connectivity index (χ1v) is 10.6. The van der Waals surface area contributed by atoms with Crippen molar-refractivity contribution in [3.05, 3.63) is 11.3 Å². The highest BCUT2D eigenvalue weighted by Gasteiger charge is 2.28. The minimum atomic E-state index is -0.525. The summed E-state index contributed by atoms with van der Waals surface area (Å²) in [6, 6.07) is 0.656. The maximum Gasteiger partial charge on any atom is 0.410 e. The van der Waals surface area contributed by atoms with Gasteiger partial charge in [-0.1, -0.05) is 0 Å². The average Bonchev–Trinajstić information content (AvgIpc) is 3.09. The van der Waals surface area contributed by atoms with Crippen LogP contribution in [0.1, 0.15) is 49.7 Å². The van der Waals surface area contributed by atoms with Crippen molar-refractivity contribution < 1.29 is 19.1 Å². The van der Waals surface area contributed by atoms with Gasteiger partial charge in [-0.2, -0.15) is 9.97 Å². The molecule has 0 aromatic carbocycles. The van der Waals surface area contributed by atoms with Crippen LogP contribution >= 0.6 is 0 Å². The third-order valence-electron chi connectivity index (χ3n) is 5.52. The lowest BCUT2D eigenvalue weighted by Gasteiger charge is -2.36. The molecule has 0 bridgehead atoms. The molecule has 2 aliphatic rings. The standard InChI is InChI=1S/C21H33N5O4/c1-15-17(13-27)18(23-19(22-15)29-14-16-7-6-8-24(16)5)25-9-11-26(12-10-25)20(28)30-21(2,3)4/h13,16H,6-12,14H2,1-5H3/t16-/m0/s1. The molecule has 3 rings (SSSR count). The SMILES string of the molecule is Cc1nc(OC[C@@H]2CCCN2C)nc(N2CCN(C(=O)OC(C)(C)C)CC2)c1C=O. The Labute approximate surface area is 178 Å². The fourth-order valence-corrected chi connectivity index (χ4v) is 3.77.